The van der Waals surface area contributed by atoms with Crippen molar-refractivity contribution in [2.45, 2.75) is 25.3 Å². The summed E-state index contributed by atoms with van der Waals surface area (Å²) in [5.74, 6) is 0.328. The minimum Gasteiger partial charge on any atom is -0.370 e. The molecule has 2 fully saturated rings. The lowest BCUT2D eigenvalue weighted by Crippen LogP contribution is -3.15. The van der Waals surface area contributed by atoms with Crippen molar-refractivity contribution in [1.82, 2.24) is 5.32 Å². The molecule has 2 N–H and O–H groups in total. The zero-order valence-corrected chi connectivity index (χ0v) is 10.3. The Balaban J connectivity index is 1.81. The van der Waals surface area contributed by atoms with Gasteiger partial charge in [0.05, 0.1) is 19.3 Å². The summed E-state index contributed by atoms with van der Waals surface area (Å²) in [7, 11) is 0. The molecule has 1 amide bonds. The molecule has 1 saturated carbocycles. The maximum Gasteiger partial charge on any atom is 0.276 e. The van der Waals surface area contributed by atoms with Gasteiger partial charge < -0.3 is 15.0 Å². The Hall–Kier alpha value is -1.12. The number of rotatable bonds is 4. The third-order valence-electron chi connectivity index (χ3n) is 3.64. The molecule has 1 atom stereocenters. The van der Waals surface area contributed by atoms with E-state index in [1.54, 1.807) is 0 Å². The van der Waals surface area contributed by atoms with E-state index in [0.29, 0.717) is 12.5 Å². The molecule has 1 aliphatic heterocycles. The number of nitrogens with one attached hydrogen (secondary N) is 2. The molecule has 0 unspecified atom stereocenters. The summed E-state index contributed by atoms with van der Waals surface area (Å²) in [6.45, 7) is 5.48. The van der Waals surface area contributed by atoms with E-state index in [4.69, 9.17) is 10.00 Å². The smallest absolute Gasteiger partial charge is 0.276 e. The predicted molar refractivity (Wildman–Crippen MR) is 61.3 cm³/mol. The van der Waals surface area contributed by atoms with Crippen molar-refractivity contribution in [2.75, 3.05) is 32.8 Å². The van der Waals surface area contributed by atoms with Gasteiger partial charge in [0.15, 0.2) is 6.54 Å². The van der Waals surface area contributed by atoms with Gasteiger partial charge in [-0.2, -0.15) is 5.26 Å². The van der Waals surface area contributed by atoms with Crippen LogP contribution in [-0.4, -0.2) is 44.3 Å². The third kappa shape index (κ3) is 3.18. The zero-order valence-electron chi connectivity index (χ0n) is 10.3. The van der Waals surface area contributed by atoms with E-state index in [0.717, 1.165) is 39.1 Å². The molecular formula is C12H20N3O2+. The highest BCUT2D eigenvalue weighted by Crippen LogP contribution is 2.38. The maximum absolute atomic E-state index is 11.9. The van der Waals surface area contributed by atoms with E-state index >= 15 is 0 Å². The molecule has 5 heteroatoms. The molecule has 5 nitrogen and oxygen atoms in total. The quantitative estimate of drug-likeness (QED) is 0.640. The van der Waals surface area contributed by atoms with Crippen LogP contribution in [0, 0.1) is 17.2 Å². The average Bonchev–Trinajstić information content (AvgIpc) is 3.14. The van der Waals surface area contributed by atoms with Crippen LogP contribution in [0.25, 0.3) is 0 Å². The third-order valence-corrected chi connectivity index (χ3v) is 3.64. The lowest BCUT2D eigenvalue weighted by atomic mass is 9.98. The first-order valence-electron chi connectivity index (χ1n) is 6.27. The molecule has 2 rings (SSSR count). The molecule has 0 bridgehead atoms. The van der Waals surface area contributed by atoms with Gasteiger partial charge >= 0.3 is 0 Å². The minimum absolute atomic E-state index is 0.0159. The van der Waals surface area contributed by atoms with Crippen molar-refractivity contribution in [3.63, 3.8) is 0 Å². The van der Waals surface area contributed by atoms with E-state index in [2.05, 4.69) is 11.4 Å². The first-order chi connectivity index (χ1) is 8.14. The van der Waals surface area contributed by atoms with Gasteiger partial charge in [0, 0.05) is 0 Å². The molecule has 0 aromatic carbocycles. The lowest BCUT2D eigenvalue weighted by Gasteiger charge is -2.26. The molecule has 1 saturated heterocycles. The second-order valence-corrected chi connectivity index (χ2v) is 5.18. The molecule has 2 aliphatic rings. The molecule has 0 radical (unpaired) electrons. The minimum atomic E-state index is -0.664. The first-order valence-corrected chi connectivity index (χ1v) is 6.27. The fourth-order valence-corrected chi connectivity index (χ4v) is 2.28. The van der Waals surface area contributed by atoms with Crippen molar-refractivity contribution in [2.24, 2.45) is 5.92 Å². The Morgan fingerprint density at radius 2 is 2.18 bits per heavy atom. The van der Waals surface area contributed by atoms with Gasteiger partial charge in [0.2, 0.25) is 0 Å². The highest BCUT2D eigenvalue weighted by molar-refractivity contribution is 5.78. The van der Waals surface area contributed by atoms with Gasteiger partial charge in [-0.25, -0.2) is 0 Å². The number of nitrogens with zero attached hydrogens (tertiary/aromatic N) is 1. The van der Waals surface area contributed by atoms with Crippen molar-refractivity contribution >= 4 is 5.91 Å². The predicted octanol–water partition coefficient (Wildman–Crippen LogP) is -1.29. The fourth-order valence-electron chi connectivity index (χ4n) is 2.28. The van der Waals surface area contributed by atoms with E-state index in [1.165, 1.54) is 4.90 Å². The molecule has 17 heavy (non-hydrogen) atoms. The van der Waals surface area contributed by atoms with Crippen LogP contribution < -0.4 is 10.2 Å². The number of hydrogen-bond donors (Lipinski definition) is 2. The second-order valence-electron chi connectivity index (χ2n) is 5.18. The van der Waals surface area contributed by atoms with Gasteiger partial charge in [-0.05, 0) is 25.7 Å². The number of nitriles is 1. The summed E-state index contributed by atoms with van der Waals surface area (Å²) in [5, 5.41) is 12.0. The van der Waals surface area contributed by atoms with Crippen LogP contribution in [0.1, 0.15) is 19.8 Å². The van der Waals surface area contributed by atoms with Crippen LogP contribution in [0.5, 0.6) is 0 Å². The Labute approximate surface area is 102 Å². The zero-order chi connectivity index (χ0) is 12.3. The molecule has 0 aromatic rings. The lowest BCUT2D eigenvalue weighted by molar-refractivity contribution is -0.900. The maximum atomic E-state index is 11.9. The summed E-state index contributed by atoms with van der Waals surface area (Å²) in [6, 6.07) is 2.24. The van der Waals surface area contributed by atoms with Crippen molar-refractivity contribution in [3.05, 3.63) is 0 Å². The fraction of sp³-hybridized carbons (Fsp3) is 0.833. The van der Waals surface area contributed by atoms with Crippen LogP contribution in [0.2, 0.25) is 0 Å². The van der Waals surface area contributed by atoms with Gasteiger partial charge in [-0.15, -0.1) is 0 Å². The Kier molecular flexibility index (Phi) is 3.65. The topological polar surface area (TPSA) is 66.6 Å². The molecule has 94 valence electrons. The highest BCUT2D eigenvalue weighted by atomic mass is 16.5. The van der Waals surface area contributed by atoms with Gasteiger partial charge in [-0.3, -0.25) is 4.79 Å². The number of carbonyl (C=O) groups excluding carboxylic acids is 1. The standard InChI is InChI=1S/C12H19N3O2/c1-12(9-13,10-2-3-10)14-11(16)8-15-4-6-17-7-5-15/h10H,2-8H2,1H3,(H,14,16)/p+1/t12-/m1/s1. The number of carbonyl (C=O) groups is 1. The number of ether oxygens (including phenoxy) is 1. The van der Waals surface area contributed by atoms with Crippen LogP contribution in [-0.2, 0) is 9.53 Å². The van der Waals surface area contributed by atoms with Crippen molar-refractivity contribution in [1.29, 1.82) is 5.26 Å². The van der Waals surface area contributed by atoms with E-state index in [9.17, 15) is 4.79 Å². The van der Waals surface area contributed by atoms with E-state index in [-0.39, 0.29) is 5.91 Å². The van der Waals surface area contributed by atoms with Gasteiger partial charge in [0.25, 0.3) is 5.91 Å². The second kappa shape index (κ2) is 5.03. The average molecular weight is 238 g/mol. The molecule has 1 aliphatic carbocycles. The number of morpholine rings is 1. The molecular weight excluding hydrogens is 218 g/mol. The van der Waals surface area contributed by atoms with Crippen LogP contribution in [0.3, 0.4) is 0 Å². The molecule has 0 spiro atoms. The van der Waals surface area contributed by atoms with Crippen LogP contribution >= 0.6 is 0 Å². The summed E-state index contributed by atoms with van der Waals surface area (Å²) in [6.07, 6.45) is 2.10. The largest absolute Gasteiger partial charge is 0.370 e. The highest BCUT2D eigenvalue weighted by Gasteiger charge is 2.43. The van der Waals surface area contributed by atoms with Gasteiger partial charge in [0.1, 0.15) is 18.6 Å². The summed E-state index contributed by atoms with van der Waals surface area (Å²) >= 11 is 0. The summed E-state index contributed by atoms with van der Waals surface area (Å²) in [4.78, 5) is 13.1. The Morgan fingerprint density at radius 3 is 2.71 bits per heavy atom. The van der Waals surface area contributed by atoms with Crippen LogP contribution in [0.15, 0.2) is 0 Å². The Morgan fingerprint density at radius 1 is 1.53 bits per heavy atom. The van der Waals surface area contributed by atoms with E-state index in [1.807, 2.05) is 6.92 Å². The number of hydrogen-bond acceptors (Lipinski definition) is 3. The van der Waals surface area contributed by atoms with Crippen molar-refractivity contribution in [3.8, 4) is 6.07 Å². The van der Waals surface area contributed by atoms with Crippen molar-refractivity contribution < 1.29 is 14.4 Å². The molecule has 0 aromatic heterocycles. The molecule has 1 heterocycles. The van der Waals surface area contributed by atoms with Gasteiger partial charge in [-0.1, -0.05) is 0 Å². The SMILES string of the molecule is C[C@](C#N)(NC(=O)C[NH+]1CCOCC1)C1CC1. The summed E-state index contributed by atoms with van der Waals surface area (Å²) in [5.41, 5.74) is -0.664. The monoisotopic (exact) mass is 238 g/mol. The Bertz CT molecular complexity index is 329. The normalized spacial score (nSPS) is 24.7. The number of quaternary nitrogens is 1. The van der Waals surface area contributed by atoms with E-state index < -0.39 is 5.54 Å². The van der Waals surface area contributed by atoms with Crippen LogP contribution in [0.4, 0.5) is 0 Å². The summed E-state index contributed by atoms with van der Waals surface area (Å²) < 4.78 is 5.25. The number of amides is 1. The first kappa shape index (κ1) is 12.3.